The lowest BCUT2D eigenvalue weighted by Crippen LogP contribution is -2.37. The maximum atomic E-state index is 12.1. The summed E-state index contributed by atoms with van der Waals surface area (Å²) in [5, 5.41) is 8.01. The number of anilines is 1. The summed E-state index contributed by atoms with van der Waals surface area (Å²) in [7, 11) is 3.49. The van der Waals surface area contributed by atoms with E-state index >= 15 is 0 Å². The molecule has 0 bridgehead atoms. The molecule has 0 unspecified atom stereocenters. The molecule has 0 aromatic carbocycles. The minimum absolute atomic E-state index is 0.0585. The molecule has 0 aliphatic carbocycles. The molecular formula is C17H20N4O2S2. The number of carbonyl (C=O) groups is 1. The van der Waals surface area contributed by atoms with Crippen LogP contribution in [0.2, 0.25) is 0 Å². The van der Waals surface area contributed by atoms with E-state index in [1.54, 1.807) is 29.8 Å². The van der Waals surface area contributed by atoms with Gasteiger partial charge < -0.3 is 15.0 Å². The number of nitrogens with zero attached hydrogens (tertiary/aromatic N) is 3. The molecule has 8 heteroatoms. The second-order valence-electron chi connectivity index (χ2n) is 5.60. The molecule has 25 heavy (non-hydrogen) atoms. The van der Waals surface area contributed by atoms with E-state index in [1.807, 2.05) is 24.9 Å². The Bertz CT molecular complexity index is 861. The molecule has 0 saturated carbocycles. The van der Waals surface area contributed by atoms with Gasteiger partial charge in [0.05, 0.1) is 18.5 Å². The number of amides is 1. The first-order valence-corrected chi connectivity index (χ1v) is 9.62. The zero-order chi connectivity index (χ0) is 17.8. The van der Waals surface area contributed by atoms with E-state index in [2.05, 4.69) is 32.1 Å². The quantitative estimate of drug-likeness (QED) is 0.642. The molecule has 0 spiro atoms. The van der Waals surface area contributed by atoms with Gasteiger partial charge in [-0.05, 0) is 18.4 Å². The van der Waals surface area contributed by atoms with Crippen LogP contribution in [0.15, 0.2) is 22.9 Å². The Labute approximate surface area is 154 Å². The first kappa shape index (κ1) is 17.8. The van der Waals surface area contributed by atoms with E-state index in [4.69, 9.17) is 4.74 Å². The van der Waals surface area contributed by atoms with Crippen LogP contribution in [0.1, 0.15) is 5.82 Å². The Kier molecular flexibility index (Phi) is 5.62. The number of aryl methyl sites for hydroxylation is 1. The number of aromatic nitrogens is 2. The third kappa shape index (κ3) is 3.97. The number of hydrogen-bond acceptors (Lipinski definition) is 7. The van der Waals surface area contributed by atoms with Crippen molar-refractivity contribution in [2.75, 3.05) is 38.8 Å². The summed E-state index contributed by atoms with van der Waals surface area (Å²) in [6.45, 7) is 3.11. The monoisotopic (exact) mass is 376 g/mol. The van der Waals surface area contributed by atoms with Gasteiger partial charge in [-0.2, -0.15) is 0 Å². The number of fused-ring (bicyclic) bond motifs is 1. The second-order valence-corrected chi connectivity index (χ2v) is 7.41. The van der Waals surface area contributed by atoms with Crippen LogP contribution in [-0.4, -0.2) is 49.7 Å². The fourth-order valence-corrected chi connectivity index (χ4v) is 4.36. The van der Waals surface area contributed by atoms with Crippen LogP contribution >= 0.6 is 22.7 Å². The fraction of sp³-hybridized carbons (Fsp3) is 0.353. The van der Waals surface area contributed by atoms with Crippen molar-refractivity contribution in [2.24, 2.45) is 0 Å². The van der Waals surface area contributed by atoms with Crippen LogP contribution in [0.5, 0.6) is 0 Å². The molecule has 0 saturated heterocycles. The van der Waals surface area contributed by atoms with Crippen molar-refractivity contribution in [1.82, 2.24) is 15.3 Å². The lowest BCUT2D eigenvalue weighted by molar-refractivity contribution is -0.119. The summed E-state index contributed by atoms with van der Waals surface area (Å²) in [6, 6.07) is 4.12. The second kappa shape index (κ2) is 7.90. The highest BCUT2D eigenvalue weighted by Gasteiger charge is 2.19. The first-order valence-electron chi connectivity index (χ1n) is 7.86. The lowest BCUT2D eigenvalue weighted by Gasteiger charge is -2.19. The SMILES string of the molecule is COCCNC(=O)CN(C)c1nc(C)nc2scc(-c3cccs3)c12. The number of likely N-dealkylation sites (N-methyl/N-ethyl adjacent to an activating group) is 1. The van der Waals surface area contributed by atoms with Crippen LogP contribution in [-0.2, 0) is 9.53 Å². The summed E-state index contributed by atoms with van der Waals surface area (Å²) in [5.41, 5.74) is 1.12. The molecule has 1 amide bonds. The van der Waals surface area contributed by atoms with Gasteiger partial charge >= 0.3 is 0 Å². The minimum atomic E-state index is -0.0585. The van der Waals surface area contributed by atoms with Crippen LogP contribution < -0.4 is 10.2 Å². The first-order chi connectivity index (χ1) is 12.1. The number of thiophene rings is 2. The van der Waals surface area contributed by atoms with Gasteiger partial charge in [-0.25, -0.2) is 9.97 Å². The Hall–Kier alpha value is -2.03. The number of nitrogens with one attached hydrogen (secondary N) is 1. The summed E-state index contributed by atoms with van der Waals surface area (Å²) >= 11 is 3.29. The number of methoxy groups -OCH3 is 1. The Morgan fingerprint density at radius 1 is 1.36 bits per heavy atom. The highest BCUT2D eigenvalue weighted by atomic mass is 32.1. The van der Waals surface area contributed by atoms with Gasteiger partial charge in [0.2, 0.25) is 5.91 Å². The van der Waals surface area contributed by atoms with Crippen molar-refractivity contribution in [2.45, 2.75) is 6.92 Å². The van der Waals surface area contributed by atoms with E-state index in [1.165, 1.54) is 4.88 Å². The molecule has 0 aliphatic rings. The molecule has 132 valence electrons. The topological polar surface area (TPSA) is 67.3 Å². The zero-order valence-corrected chi connectivity index (χ0v) is 16.0. The minimum Gasteiger partial charge on any atom is -0.383 e. The number of rotatable bonds is 7. The van der Waals surface area contributed by atoms with Gasteiger partial charge in [-0.1, -0.05) is 6.07 Å². The molecule has 3 heterocycles. The normalized spacial score (nSPS) is 11.0. The maximum absolute atomic E-state index is 12.1. The molecule has 0 aliphatic heterocycles. The van der Waals surface area contributed by atoms with E-state index in [0.717, 1.165) is 21.6 Å². The standard InChI is InChI=1S/C17H20N4O2S2/c1-11-19-16(21(2)9-14(22)18-6-7-23-3)15-12(10-25-17(15)20-11)13-5-4-8-24-13/h4-5,8,10H,6-7,9H2,1-3H3,(H,18,22). The number of hydrogen-bond donors (Lipinski definition) is 1. The molecule has 3 aromatic rings. The van der Waals surface area contributed by atoms with Crippen LogP contribution in [0.25, 0.3) is 20.7 Å². The fourth-order valence-electron chi connectivity index (χ4n) is 2.56. The largest absolute Gasteiger partial charge is 0.383 e. The van der Waals surface area contributed by atoms with Gasteiger partial charge in [-0.3, -0.25) is 4.79 Å². The highest BCUT2D eigenvalue weighted by Crippen LogP contribution is 2.39. The molecule has 3 aromatic heterocycles. The van der Waals surface area contributed by atoms with Crippen molar-refractivity contribution >= 4 is 44.6 Å². The number of carbonyl (C=O) groups excluding carboxylic acids is 1. The maximum Gasteiger partial charge on any atom is 0.239 e. The summed E-state index contributed by atoms with van der Waals surface area (Å²) < 4.78 is 4.96. The van der Waals surface area contributed by atoms with Gasteiger partial charge in [-0.15, -0.1) is 22.7 Å². The van der Waals surface area contributed by atoms with Gasteiger partial charge in [0.25, 0.3) is 0 Å². The van der Waals surface area contributed by atoms with Crippen molar-refractivity contribution < 1.29 is 9.53 Å². The molecule has 6 nitrogen and oxygen atoms in total. The average molecular weight is 377 g/mol. The molecule has 0 fully saturated rings. The van der Waals surface area contributed by atoms with E-state index in [9.17, 15) is 4.79 Å². The molecule has 0 radical (unpaired) electrons. The van der Waals surface area contributed by atoms with Gasteiger partial charge in [0, 0.05) is 36.5 Å². The van der Waals surface area contributed by atoms with Gasteiger partial charge in [0.15, 0.2) is 0 Å². The van der Waals surface area contributed by atoms with Crippen LogP contribution in [0.4, 0.5) is 5.82 Å². The molecule has 3 rings (SSSR count). The predicted octanol–water partition coefficient (Wildman–Crippen LogP) is 2.93. The molecule has 0 atom stereocenters. The van der Waals surface area contributed by atoms with E-state index < -0.39 is 0 Å². The number of ether oxygens (including phenoxy) is 1. The summed E-state index contributed by atoms with van der Waals surface area (Å²) in [4.78, 5) is 25.3. The van der Waals surface area contributed by atoms with Crippen molar-refractivity contribution in [3.05, 3.63) is 28.7 Å². The van der Waals surface area contributed by atoms with Crippen molar-refractivity contribution in [3.63, 3.8) is 0 Å². The summed E-state index contributed by atoms with van der Waals surface area (Å²) in [6.07, 6.45) is 0. The Morgan fingerprint density at radius 2 is 2.20 bits per heavy atom. The zero-order valence-electron chi connectivity index (χ0n) is 14.4. The van der Waals surface area contributed by atoms with Crippen LogP contribution in [0.3, 0.4) is 0 Å². The molecular weight excluding hydrogens is 356 g/mol. The lowest BCUT2D eigenvalue weighted by atomic mass is 10.2. The average Bonchev–Trinajstić information content (AvgIpc) is 3.22. The van der Waals surface area contributed by atoms with E-state index in [-0.39, 0.29) is 12.5 Å². The molecule has 1 N–H and O–H groups in total. The van der Waals surface area contributed by atoms with Crippen molar-refractivity contribution in [3.8, 4) is 10.4 Å². The Balaban J connectivity index is 1.92. The van der Waals surface area contributed by atoms with Gasteiger partial charge in [0.1, 0.15) is 16.5 Å². The smallest absolute Gasteiger partial charge is 0.239 e. The van der Waals surface area contributed by atoms with Crippen LogP contribution in [0, 0.1) is 6.92 Å². The third-order valence-corrected chi connectivity index (χ3v) is 5.46. The van der Waals surface area contributed by atoms with E-state index in [0.29, 0.717) is 19.0 Å². The third-order valence-electron chi connectivity index (χ3n) is 3.68. The summed E-state index contributed by atoms with van der Waals surface area (Å²) in [5.74, 6) is 1.43. The highest BCUT2D eigenvalue weighted by molar-refractivity contribution is 7.18. The predicted molar refractivity (Wildman–Crippen MR) is 104 cm³/mol. The van der Waals surface area contributed by atoms with Crippen molar-refractivity contribution in [1.29, 1.82) is 0 Å². The Morgan fingerprint density at radius 3 is 2.92 bits per heavy atom.